The molecule has 0 unspecified atom stereocenters. The normalized spacial score (nSPS) is 11.5. The molecule has 0 saturated heterocycles. The van der Waals surface area contributed by atoms with E-state index in [1.165, 1.54) is 4.68 Å². The Hall–Kier alpha value is -1.50. The molecule has 17 heavy (non-hydrogen) atoms. The molecule has 1 rings (SSSR count). The fourth-order valence-electron chi connectivity index (χ4n) is 1.17. The maximum absolute atomic E-state index is 11.5. The number of ether oxygens (including phenoxy) is 2. The number of hydrogen-bond acceptors (Lipinski definition) is 6. The Morgan fingerprint density at radius 3 is 2.76 bits per heavy atom. The Labute approximate surface area is 100 Å². The molecule has 7 heteroatoms. The minimum absolute atomic E-state index is 0.124. The van der Waals surface area contributed by atoms with E-state index in [9.17, 15) is 4.79 Å². The molecule has 1 aromatic rings. The Kier molecular flexibility index (Phi) is 4.56. The minimum Gasteiger partial charge on any atom is -0.460 e. The van der Waals surface area contributed by atoms with Crippen LogP contribution in [0.1, 0.15) is 37.8 Å². The quantitative estimate of drug-likeness (QED) is 0.682. The van der Waals surface area contributed by atoms with Gasteiger partial charge in [-0.25, -0.2) is 9.48 Å². The van der Waals surface area contributed by atoms with Crippen LogP contribution >= 0.6 is 0 Å². The molecule has 0 aromatic carbocycles. The van der Waals surface area contributed by atoms with Crippen LogP contribution in [0.5, 0.6) is 0 Å². The molecule has 7 nitrogen and oxygen atoms in total. The van der Waals surface area contributed by atoms with Gasteiger partial charge in [-0.05, 0) is 37.6 Å². The molecule has 0 radical (unpaired) electrons. The van der Waals surface area contributed by atoms with Crippen molar-refractivity contribution in [2.45, 2.75) is 39.3 Å². The summed E-state index contributed by atoms with van der Waals surface area (Å²) in [5.41, 5.74) is -0.280. The second-order valence-electron chi connectivity index (χ2n) is 4.16. The largest absolute Gasteiger partial charge is 0.460 e. The third-order valence-electron chi connectivity index (χ3n) is 2.47. The highest BCUT2D eigenvalue weighted by atomic mass is 16.5. The third kappa shape index (κ3) is 3.77. The predicted octanol–water partition coefficient (Wildman–Crippen LogP) is 0.665. The van der Waals surface area contributed by atoms with E-state index in [1.807, 2.05) is 13.8 Å². The summed E-state index contributed by atoms with van der Waals surface area (Å²) in [6.07, 6.45) is 0.695. The summed E-state index contributed by atoms with van der Waals surface area (Å²) in [6, 6.07) is 0. The zero-order valence-electron chi connectivity index (χ0n) is 10.6. The minimum atomic E-state index is -0.507. The molecule has 1 aromatic heterocycles. The number of carbonyl (C=O) groups is 1. The lowest BCUT2D eigenvalue weighted by Crippen LogP contribution is -2.26. The Morgan fingerprint density at radius 2 is 2.18 bits per heavy atom. The molecule has 0 amide bonds. The number of aryl methyl sites for hydroxylation is 1. The van der Waals surface area contributed by atoms with Crippen LogP contribution in [0.15, 0.2) is 0 Å². The summed E-state index contributed by atoms with van der Waals surface area (Å²) in [6.45, 7) is 6.46. The molecule has 0 fully saturated rings. The lowest BCUT2D eigenvalue weighted by molar-refractivity contribution is 0.0106. The van der Waals surface area contributed by atoms with Gasteiger partial charge in [0.15, 0.2) is 0 Å². The molecule has 0 aliphatic heterocycles. The molecule has 0 spiro atoms. The summed E-state index contributed by atoms with van der Waals surface area (Å²) in [5, 5.41) is 10.9. The van der Waals surface area contributed by atoms with E-state index in [0.29, 0.717) is 19.6 Å². The highest BCUT2D eigenvalue weighted by Gasteiger charge is 2.20. The van der Waals surface area contributed by atoms with Crippen LogP contribution in [0.25, 0.3) is 0 Å². The highest BCUT2D eigenvalue weighted by Crippen LogP contribution is 2.14. The van der Waals surface area contributed by atoms with Crippen molar-refractivity contribution in [3.63, 3.8) is 0 Å². The van der Waals surface area contributed by atoms with Gasteiger partial charge in [-0.2, -0.15) is 0 Å². The van der Waals surface area contributed by atoms with Gasteiger partial charge in [0.2, 0.25) is 0 Å². The van der Waals surface area contributed by atoms with Crippen molar-refractivity contribution in [1.82, 2.24) is 20.2 Å². The SMILES string of the molecule is CCOC(=O)c1nnnn1CCC(C)(C)OC. The maximum Gasteiger partial charge on any atom is 0.378 e. The average Bonchev–Trinajstić information content (AvgIpc) is 2.75. The molecule has 0 atom stereocenters. The summed E-state index contributed by atoms with van der Waals surface area (Å²) in [4.78, 5) is 11.5. The Bertz CT molecular complexity index is 375. The van der Waals surface area contributed by atoms with Crippen LogP contribution in [-0.2, 0) is 16.0 Å². The first-order valence-corrected chi connectivity index (χ1v) is 5.48. The van der Waals surface area contributed by atoms with Crippen molar-refractivity contribution in [3.05, 3.63) is 5.82 Å². The van der Waals surface area contributed by atoms with Gasteiger partial charge in [-0.1, -0.05) is 0 Å². The van der Waals surface area contributed by atoms with Crippen LogP contribution in [0, 0.1) is 0 Å². The second kappa shape index (κ2) is 5.72. The van der Waals surface area contributed by atoms with Crippen molar-refractivity contribution in [2.24, 2.45) is 0 Å². The summed E-state index contributed by atoms with van der Waals surface area (Å²) in [5.74, 6) is -0.383. The number of nitrogens with zero attached hydrogens (tertiary/aromatic N) is 4. The number of aromatic nitrogens is 4. The first-order chi connectivity index (χ1) is 8.00. The lowest BCUT2D eigenvalue weighted by Gasteiger charge is -2.22. The molecule has 0 bridgehead atoms. The van der Waals surface area contributed by atoms with Gasteiger partial charge >= 0.3 is 5.97 Å². The number of methoxy groups -OCH3 is 1. The highest BCUT2D eigenvalue weighted by molar-refractivity contribution is 5.85. The van der Waals surface area contributed by atoms with Gasteiger partial charge in [-0.15, -0.1) is 5.10 Å². The first kappa shape index (κ1) is 13.6. The van der Waals surface area contributed by atoms with E-state index in [-0.39, 0.29) is 11.4 Å². The summed E-state index contributed by atoms with van der Waals surface area (Å²) < 4.78 is 11.6. The van der Waals surface area contributed by atoms with E-state index in [2.05, 4.69) is 15.5 Å². The predicted molar refractivity (Wildman–Crippen MR) is 59.5 cm³/mol. The zero-order chi connectivity index (χ0) is 12.9. The summed E-state index contributed by atoms with van der Waals surface area (Å²) >= 11 is 0. The number of esters is 1. The summed E-state index contributed by atoms with van der Waals surface area (Å²) in [7, 11) is 1.64. The van der Waals surface area contributed by atoms with E-state index < -0.39 is 5.97 Å². The van der Waals surface area contributed by atoms with E-state index in [4.69, 9.17) is 9.47 Å². The zero-order valence-corrected chi connectivity index (χ0v) is 10.6. The first-order valence-electron chi connectivity index (χ1n) is 5.48. The fourth-order valence-corrected chi connectivity index (χ4v) is 1.17. The van der Waals surface area contributed by atoms with E-state index in [1.54, 1.807) is 14.0 Å². The van der Waals surface area contributed by atoms with Gasteiger partial charge < -0.3 is 9.47 Å². The molecular formula is C10H18N4O3. The van der Waals surface area contributed by atoms with Crippen molar-refractivity contribution in [2.75, 3.05) is 13.7 Å². The number of hydrogen-bond donors (Lipinski definition) is 0. The molecule has 1 heterocycles. The lowest BCUT2D eigenvalue weighted by atomic mass is 10.1. The maximum atomic E-state index is 11.5. The number of rotatable bonds is 6. The topological polar surface area (TPSA) is 79.1 Å². The number of carbonyl (C=O) groups excluding carboxylic acids is 1. The molecule has 0 aliphatic rings. The fraction of sp³-hybridized carbons (Fsp3) is 0.800. The van der Waals surface area contributed by atoms with E-state index in [0.717, 1.165) is 0 Å². The average molecular weight is 242 g/mol. The van der Waals surface area contributed by atoms with Gasteiger partial charge in [0.05, 0.1) is 12.2 Å². The van der Waals surface area contributed by atoms with Crippen LogP contribution in [0.2, 0.25) is 0 Å². The van der Waals surface area contributed by atoms with Crippen LogP contribution < -0.4 is 0 Å². The van der Waals surface area contributed by atoms with Crippen molar-refractivity contribution in [3.8, 4) is 0 Å². The Balaban J connectivity index is 2.66. The number of tetrazole rings is 1. The van der Waals surface area contributed by atoms with Gasteiger partial charge in [-0.3, -0.25) is 0 Å². The Morgan fingerprint density at radius 1 is 1.47 bits per heavy atom. The monoisotopic (exact) mass is 242 g/mol. The van der Waals surface area contributed by atoms with Crippen molar-refractivity contribution < 1.29 is 14.3 Å². The molecular weight excluding hydrogens is 224 g/mol. The second-order valence-corrected chi connectivity index (χ2v) is 4.16. The van der Waals surface area contributed by atoms with Crippen molar-refractivity contribution in [1.29, 1.82) is 0 Å². The molecule has 0 saturated carbocycles. The molecule has 0 N–H and O–H groups in total. The van der Waals surface area contributed by atoms with Crippen LogP contribution in [0.3, 0.4) is 0 Å². The molecule has 0 aliphatic carbocycles. The van der Waals surface area contributed by atoms with Gasteiger partial charge in [0.1, 0.15) is 0 Å². The standard InChI is InChI=1S/C10H18N4O3/c1-5-17-9(15)8-11-12-13-14(8)7-6-10(2,3)16-4/h5-7H2,1-4H3. The van der Waals surface area contributed by atoms with E-state index >= 15 is 0 Å². The van der Waals surface area contributed by atoms with Gasteiger partial charge in [0, 0.05) is 13.7 Å². The molecule has 96 valence electrons. The smallest absolute Gasteiger partial charge is 0.378 e. The third-order valence-corrected chi connectivity index (χ3v) is 2.47. The van der Waals surface area contributed by atoms with Gasteiger partial charge in [0.25, 0.3) is 5.82 Å². The van der Waals surface area contributed by atoms with Crippen LogP contribution in [-0.4, -0.2) is 45.5 Å². The van der Waals surface area contributed by atoms with Crippen LogP contribution in [0.4, 0.5) is 0 Å². The van der Waals surface area contributed by atoms with Crippen molar-refractivity contribution >= 4 is 5.97 Å².